The number of amides is 1. The van der Waals surface area contributed by atoms with Gasteiger partial charge in [0.25, 0.3) is 5.91 Å². The largest absolute Gasteiger partial charge is 0.377 e. The molecule has 2 aromatic rings. The first-order valence-electron chi connectivity index (χ1n) is 9.62. The maximum atomic E-state index is 13.0. The Hall–Kier alpha value is -2.28. The standard InChI is InChI=1S/C20H29N5O2/c1-6-27-12-17-11-21-15(4)22-19(17)16-7-9-25(10-8-16)20(26)18-13(2)23-24(5)14(18)3/h11,16H,6-10,12H2,1-5H3. The van der Waals surface area contributed by atoms with Gasteiger partial charge < -0.3 is 9.64 Å². The maximum absolute atomic E-state index is 13.0. The Kier molecular flexibility index (Phi) is 5.89. The number of aromatic nitrogens is 4. The van der Waals surface area contributed by atoms with Crippen LogP contribution in [0.4, 0.5) is 0 Å². The van der Waals surface area contributed by atoms with Crippen LogP contribution in [0.1, 0.15) is 64.5 Å². The van der Waals surface area contributed by atoms with Crippen molar-refractivity contribution in [2.45, 2.75) is 53.1 Å². The van der Waals surface area contributed by atoms with E-state index in [-0.39, 0.29) is 5.91 Å². The molecule has 1 amide bonds. The van der Waals surface area contributed by atoms with Crippen LogP contribution in [0.5, 0.6) is 0 Å². The van der Waals surface area contributed by atoms with E-state index >= 15 is 0 Å². The molecule has 3 heterocycles. The molecule has 2 aromatic heterocycles. The van der Waals surface area contributed by atoms with Crippen LogP contribution in [0.2, 0.25) is 0 Å². The maximum Gasteiger partial charge on any atom is 0.257 e. The van der Waals surface area contributed by atoms with Crippen LogP contribution >= 0.6 is 0 Å². The Balaban J connectivity index is 1.72. The number of ether oxygens (including phenoxy) is 1. The van der Waals surface area contributed by atoms with E-state index < -0.39 is 0 Å². The van der Waals surface area contributed by atoms with Crippen molar-refractivity contribution in [1.29, 1.82) is 0 Å². The normalized spacial score (nSPS) is 15.4. The Morgan fingerprint density at radius 1 is 1.26 bits per heavy atom. The number of piperidine rings is 1. The second-order valence-electron chi connectivity index (χ2n) is 7.20. The second kappa shape index (κ2) is 8.17. The number of carbonyl (C=O) groups is 1. The number of hydrogen-bond donors (Lipinski definition) is 0. The SMILES string of the molecule is CCOCc1cnc(C)nc1C1CCN(C(=O)c2c(C)nn(C)c2C)CC1. The zero-order chi connectivity index (χ0) is 19.6. The molecule has 0 saturated carbocycles. The average molecular weight is 371 g/mol. The molecule has 0 bridgehead atoms. The zero-order valence-electron chi connectivity index (χ0n) is 16.9. The van der Waals surface area contributed by atoms with Crippen molar-refractivity contribution in [3.05, 3.63) is 40.2 Å². The highest BCUT2D eigenvalue weighted by atomic mass is 16.5. The fraction of sp³-hybridized carbons (Fsp3) is 0.600. The molecule has 1 fully saturated rings. The molecular weight excluding hydrogens is 342 g/mol. The molecule has 1 saturated heterocycles. The van der Waals surface area contributed by atoms with Gasteiger partial charge in [-0.1, -0.05) is 0 Å². The molecular formula is C20H29N5O2. The number of hydrogen-bond acceptors (Lipinski definition) is 5. The van der Waals surface area contributed by atoms with Gasteiger partial charge in [-0.05, 0) is 40.5 Å². The van der Waals surface area contributed by atoms with E-state index in [2.05, 4.69) is 10.1 Å². The van der Waals surface area contributed by atoms with Gasteiger partial charge in [0.15, 0.2) is 0 Å². The Morgan fingerprint density at radius 3 is 2.56 bits per heavy atom. The lowest BCUT2D eigenvalue weighted by molar-refractivity contribution is 0.0709. The lowest BCUT2D eigenvalue weighted by atomic mass is 9.90. The predicted octanol–water partition coefficient (Wildman–Crippen LogP) is 2.69. The molecule has 0 aromatic carbocycles. The molecule has 1 aliphatic heterocycles. The summed E-state index contributed by atoms with van der Waals surface area (Å²) in [6, 6.07) is 0. The van der Waals surface area contributed by atoms with Gasteiger partial charge in [-0.2, -0.15) is 5.10 Å². The quantitative estimate of drug-likeness (QED) is 0.808. The zero-order valence-corrected chi connectivity index (χ0v) is 16.9. The third-order valence-corrected chi connectivity index (χ3v) is 5.37. The summed E-state index contributed by atoms with van der Waals surface area (Å²) in [5, 5.41) is 4.38. The van der Waals surface area contributed by atoms with E-state index in [4.69, 9.17) is 9.72 Å². The summed E-state index contributed by atoms with van der Waals surface area (Å²) in [5.74, 6) is 1.21. The molecule has 7 nitrogen and oxygen atoms in total. The minimum atomic E-state index is 0.0879. The van der Waals surface area contributed by atoms with Crippen LogP contribution in [0.25, 0.3) is 0 Å². The van der Waals surface area contributed by atoms with E-state index in [1.54, 1.807) is 4.68 Å². The molecule has 3 rings (SSSR count). The number of carbonyl (C=O) groups excluding carboxylic acids is 1. The Bertz CT molecular complexity index is 822. The number of aryl methyl sites for hydroxylation is 3. The minimum absolute atomic E-state index is 0.0879. The van der Waals surface area contributed by atoms with Gasteiger partial charge in [0, 0.05) is 50.1 Å². The fourth-order valence-electron chi connectivity index (χ4n) is 3.79. The molecule has 1 aliphatic rings. The van der Waals surface area contributed by atoms with Crippen molar-refractivity contribution >= 4 is 5.91 Å². The van der Waals surface area contributed by atoms with Gasteiger partial charge in [0.1, 0.15) is 5.82 Å². The molecule has 0 aliphatic carbocycles. The second-order valence-corrected chi connectivity index (χ2v) is 7.20. The molecule has 7 heteroatoms. The molecule has 0 atom stereocenters. The lowest BCUT2D eigenvalue weighted by Gasteiger charge is -2.32. The average Bonchev–Trinajstić information content (AvgIpc) is 2.92. The van der Waals surface area contributed by atoms with Crippen molar-refractivity contribution in [3.63, 3.8) is 0 Å². The summed E-state index contributed by atoms with van der Waals surface area (Å²) >= 11 is 0. The third-order valence-electron chi connectivity index (χ3n) is 5.37. The number of likely N-dealkylation sites (tertiary alicyclic amines) is 1. The van der Waals surface area contributed by atoms with Crippen molar-refractivity contribution in [3.8, 4) is 0 Å². The van der Waals surface area contributed by atoms with Crippen LogP contribution in [-0.4, -0.2) is 50.3 Å². The van der Waals surface area contributed by atoms with Gasteiger partial charge in [-0.15, -0.1) is 0 Å². The molecule has 0 spiro atoms. The monoisotopic (exact) mass is 371 g/mol. The van der Waals surface area contributed by atoms with Crippen molar-refractivity contribution in [2.24, 2.45) is 7.05 Å². The Morgan fingerprint density at radius 2 is 1.96 bits per heavy atom. The lowest BCUT2D eigenvalue weighted by Crippen LogP contribution is -2.38. The number of rotatable bonds is 5. The van der Waals surface area contributed by atoms with E-state index in [1.165, 1.54) is 0 Å². The van der Waals surface area contributed by atoms with Crippen molar-refractivity contribution < 1.29 is 9.53 Å². The van der Waals surface area contributed by atoms with Gasteiger partial charge in [-0.3, -0.25) is 9.48 Å². The third kappa shape index (κ3) is 4.03. The van der Waals surface area contributed by atoms with Gasteiger partial charge in [0.05, 0.1) is 23.6 Å². The van der Waals surface area contributed by atoms with E-state index in [9.17, 15) is 4.79 Å². The first-order valence-corrected chi connectivity index (χ1v) is 9.62. The number of nitrogens with zero attached hydrogens (tertiary/aromatic N) is 5. The first-order chi connectivity index (χ1) is 12.9. The van der Waals surface area contributed by atoms with Crippen LogP contribution in [0.3, 0.4) is 0 Å². The highest BCUT2D eigenvalue weighted by Gasteiger charge is 2.29. The van der Waals surface area contributed by atoms with Crippen LogP contribution in [-0.2, 0) is 18.4 Å². The van der Waals surface area contributed by atoms with Gasteiger partial charge >= 0.3 is 0 Å². The molecule has 27 heavy (non-hydrogen) atoms. The van der Waals surface area contributed by atoms with Gasteiger partial charge in [0.2, 0.25) is 0 Å². The predicted molar refractivity (Wildman–Crippen MR) is 103 cm³/mol. The summed E-state index contributed by atoms with van der Waals surface area (Å²) in [5.41, 5.74) is 4.60. The summed E-state index contributed by atoms with van der Waals surface area (Å²) in [6.07, 6.45) is 3.69. The highest BCUT2D eigenvalue weighted by molar-refractivity contribution is 5.96. The van der Waals surface area contributed by atoms with Crippen molar-refractivity contribution in [1.82, 2.24) is 24.6 Å². The van der Waals surface area contributed by atoms with Crippen LogP contribution < -0.4 is 0 Å². The van der Waals surface area contributed by atoms with Crippen LogP contribution in [0.15, 0.2) is 6.20 Å². The minimum Gasteiger partial charge on any atom is -0.377 e. The first kappa shape index (κ1) is 19.5. The molecule has 146 valence electrons. The van der Waals surface area contributed by atoms with E-state index in [1.807, 2.05) is 45.8 Å². The van der Waals surface area contributed by atoms with Crippen LogP contribution in [0, 0.1) is 20.8 Å². The van der Waals surface area contributed by atoms with E-state index in [0.29, 0.717) is 19.1 Å². The van der Waals surface area contributed by atoms with E-state index in [0.717, 1.165) is 60.0 Å². The summed E-state index contributed by atoms with van der Waals surface area (Å²) < 4.78 is 7.36. The highest BCUT2D eigenvalue weighted by Crippen LogP contribution is 2.30. The Labute approximate surface area is 160 Å². The summed E-state index contributed by atoms with van der Waals surface area (Å²) in [4.78, 5) is 24.0. The summed E-state index contributed by atoms with van der Waals surface area (Å²) in [6.45, 7) is 10.4. The molecule has 0 unspecified atom stereocenters. The summed E-state index contributed by atoms with van der Waals surface area (Å²) in [7, 11) is 1.88. The molecule has 0 radical (unpaired) electrons. The molecule has 0 N–H and O–H groups in total. The van der Waals surface area contributed by atoms with Crippen molar-refractivity contribution in [2.75, 3.05) is 19.7 Å². The fourth-order valence-corrected chi connectivity index (χ4v) is 3.79. The smallest absolute Gasteiger partial charge is 0.257 e. The van der Waals surface area contributed by atoms with Gasteiger partial charge in [-0.25, -0.2) is 9.97 Å². The topological polar surface area (TPSA) is 73.1 Å².